The van der Waals surface area contributed by atoms with Gasteiger partial charge in [-0.1, -0.05) is 0 Å². The van der Waals surface area contributed by atoms with Gasteiger partial charge in [0.15, 0.2) is 6.17 Å². The molecule has 70 valence electrons. The van der Waals surface area contributed by atoms with Crippen molar-refractivity contribution in [2.45, 2.75) is 11.8 Å². The molecule has 1 heterocycles. The summed E-state index contributed by atoms with van der Waals surface area (Å²) in [5.41, 5.74) is 3.10. The van der Waals surface area contributed by atoms with Crippen molar-refractivity contribution in [3.63, 3.8) is 0 Å². The second-order valence-corrected chi connectivity index (χ2v) is 2.69. The summed E-state index contributed by atoms with van der Waals surface area (Å²) in [6.45, 7) is -0.679. The molecule has 6 heteroatoms. The lowest BCUT2D eigenvalue weighted by molar-refractivity contribution is -0.215. The molecule has 1 aliphatic heterocycles. The van der Waals surface area contributed by atoms with Gasteiger partial charge < -0.3 is 20.3 Å². The zero-order chi connectivity index (χ0) is 9.19. The fourth-order valence-electron chi connectivity index (χ4n) is 0.802. The van der Waals surface area contributed by atoms with E-state index in [1.807, 2.05) is 0 Å². The third-order valence-corrected chi connectivity index (χ3v) is 1.66. The Kier molecular flexibility index (Phi) is 2.49. The summed E-state index contributed by atoms with van der Waals surface area (Å²) < 4.78 is 21.7. The van der Waals surface area contributed by atoms with Gasteiger partial charge in [-0.25, -0.2) is 9.18 Å². The Balaban J connectivity index is 2.27. The van der Waals surface area contributed by atoms with E-state index in [9.17, 15) is 14.3 Å². The summed E-state index contributed by atoms with van der Waals surface area (Å²) in [6.07, 6.45) is -2.69. The van der Waals surface area contributed by atoms with Gasteiger partial charge >= 0.3 is 6.09 Å². The van der Waals surface area contributed by atoms with Crippen molar-refractivity contribution in [3.8, 4) is 0 Å². The predicted octanol–water partition coefficient (Wildman–Crippen LogP) is -0.819. The number of ether oxygens (including phenoxy) is 2. The highest BCUT2D eigenvalue weighted by Gasteiger charge is 2.45. The Bertz CT molecular complexity index is 182. The third-order valence-electron chi connectivity index (χ3n) is 1.66. The molecule has 0 aromatic heterocycles. The number of amides is 1. The number of primary amides is 1. The third kappa shape index (κ3) is 1.83. The number of halogens is 1. The minimum atomic E-state index is -1.64. The van der Waals surface area contributed by atoms with E-state index in [-0.39, 0.29) is 13.2 Å². The second-order valence-electron chi connectivity index (χ2n) is 2.69. The summed E-state index contributed by atoms with van der Waals surface area (Å²) in [5, 5.41) is 9.26. The van der Waals surface area contributed by atoms with Crippen LogP contribution in [0.5, 0.6) is 0 Å². The molecule has 0 aliphatic carbocycles. The van der Waals surface area contributed by atoms with E-state index in [0.29, 0.717) is 0 Å². The summed E-state index contributed by atoms with van der Waals surface area (Å²) in [5.74, 6) is 0. The second kappa shape index (κ2) is 3.24. The molecule has 1 atom stereocenters. The van der Waals surface area contributed by atoms with Crippen LogP contribution in [0.2, 0.25) is 0 Å². The highest BCUT2D eigenvalue weighted by Crippen LogP contribution is 2.23. The minimum absolute atomic E-state index is 0.0731. The summed E-state index contributed by atoms with van der Waals surface area (Å²) in [6, 6.07) is 0. The molecule has 1 amide bonds. The van der Waals surface area contributed by atoms with Crippen molar-refractivity contribution in [3.05, 3.63) is 0 Å². The van der Waals surface area contributed by atoms with E-state index in [1.165, 1.54) is 0 Å². The van der Waals surface area contributed by atoms with Crippen molar-refractivity contribution in [2.75, 3.05) is 19.8 Å². The number of alkyl halides is 1. The number of carbonyl (C=O) groups excluding carboxylic acids is 1. The lowest BCUT2D eigenvalue weighted by Gasteiger charge is -2.38. The summed E-state index contributed by atoms with van der Waals surface area (Å²) in [4.78, 5) is 10.1. The van der Waals surface area contributed by atoms with E-state index in [1.54, 1.807) is 0 Å². The number of carbonyl (C=O) groups is 1. The first kappa shape index (κ1) is 9.21. The number of hydrogen-bond donors (Lipinski definition) is 2. The molecule has 0 aromatic rings. The van der Waals surface area contributed by atoms with Crippen LogP contribution in [0.25, 0.3) is 0 Å². The molecule has 0 spiro atoms. The van der Waals surface area contributed by atoms with Crippen molar-refractivity contribution < 1.29 is 23.8 Å². The number of hydrogen-bond acceptors (Lipinski definition) is 4. The molecule has 1 saturated heterocycles. The maximum absolute atomic E-state index is 12.9. The van der Waals surface area contributed by atoms with Gasteiger partial charge in [-0.05, 0) is 0 Å². The van der Waals surface area contributed by atoms with E-state index >= 15 is 0 Å². The minimum Gasteiger partial charge on any atom is -0.446 e. The first-order chi connectivity index (χ1) is 5.54. The van der Waals surface area contributed by atoms with E-state index in [4.69, 9.17) is 0 Å². The SMILES string of the molecule is NC(=O)OCC(F)C1(O)COC1. The standard InChI is InChI=1S/C6H10FNO4/c7-4(1-12-5(8)9)6(10)2-11-3-6/h4,10H,1-3H2,(H2,8,9). The van der Waals surface area contributed by atoms with Gasteiger partial charge in [0.25, 0.3) is 0 Å². The molecule has 5 nitrogen and oxygen atoms in total. The summed E-state index contributed by atoms with van der Waals surface area (Å²) in [7, 11) is 0. The Morgan fingerprint density at radius 1 is 1.83 bits per heavy atom. The van der Waals surface area contributed by atoms with Crippen LogP contribution in [0.15, 0.2) is 0 Å². The number of aliphatic hydroxyl groups is 1. The van der Waals surface area contributed by atoms with Gasteiger partial charge in [-0.3, -0.25) is 0 Å². The lowest BCUT2D eigenvalue weighted by atomic mass is 9.97. The highest BCUT2D eigenvalue weighted by atomic mass is 19.1. The zero-order valence-electron chi connectivity index (χ0n) is 6.33. The van der Waals surface area contributed by atoms with Gasteiger partial charge in [0, 0.05) is 0 Å². The van der Waals surface area contributed by atoms with Crippen LogP contribution in [0.3, 0.4) is 0 Å². The van der Waals surface area contributed by atoms with Gasteiger partial charge in [-0.2, -0.15) is 0 Å². The molecular formula is C6H10FNO4. The van der Waals surface area contributed by atoms with Gasteiger partial charge in [0.2, 0.25) is 0 Å². The van der Waals surface area contributed by atoms with Crippen LogP contribution in [0, 0.1) is 0 Å². The molecule has 0 aromatic carbocycles. The topological polar surface area (TPSA) is 81.8 Å². The van der Waals surface area contributed by atoms with E-state index < -0.39 is 24.5 Å². The molecule has 1 aliphatic rings. The van der Waals surface area contributed by atoms with Gasteiger partial charge in [0.05, 0.1) is 13.2 Å². The van der Waals surface area contributed by atoms with Crippen molar-refractivity contribution in [1.29, 1.82) is 0 Å². The van der Waals surface area contributed by atoms with Crippen molar-refractivity contribution in [1.82, 2.24) is 0 Å². The number of rotatable bonds is 3. The smallest absolute Gasteiger partial charge is 0.404 e. The van der Waals surface area contributed by atoms with E-state index in [0.717, 1.165) is 0 Å². The molecule has 1 rings (SSSR count). The predicted molar refractivity (Wildman–Crippen MR) is 36.2 cm³/mol. The molecular weight excluding hydrogens is 169 g/mol. The Labute approximate surface area is 68.2 Å². The molecule has 12 heavy (non-hydrogen) atoms. The zero-order valence-corrected chi connectivity index (χ0v) is 6.33. The lowest BCUT2D eigenvalue weighted by Crippen LogP contribution is -2.58. The van der Waals surface area contributed by atoms with Gasteiger partial charge in [-0.15, -0.1) is 0 Å². The van der Waals surface area contributed by atoms with Crippen LogP contribution in [0.4, 0.5) is 9.18 Å². The van der Waals surface area contributed by atoms with Crippen molar-refractivity contribution >= 4 is 6.09 Å². The normalized spacial score (nSPS) is 22.5. The largest absolute Gasteiger partial charge is 0.446 e. The number of nitrogens with two attached hydrogens (primary N) is 1. The van der Waals surface area contributed by atoms with Gasteiger partial charge in [0.1, 0.15) is 12.2 Å². The summed E-state index contributed by atoms with van der Waals surface area (Å²) >= 11 is 0. The fraction of sp³-hybridized carbons (Fsp3) is 0.833. The van der Waals surface area contributed by atoms with Crippen LogP contribution in [0.1, 0.15) is 0 Å². The van der Waals surface area contributed by atoms with Crippen LogP contribution in [-0.2, 0) is 9.47 Å². The Morgan fingerprint density at radius 2 is 2.42 bits per heavy atom. The first-order valence-electron chi connectivity index (χ1n) is 3.41. The molecule has 0 radical (unpaired) electrons. The highest BCUT2D eigenvalue weighted by molar-refractivity contribution is 5.64. The average Bonchev–Trinajstić information content (AvgIpc) is 1.95. The fourth-order valence-corrected chi connectivity index (χ4v) is 0.802. The quantitative estimate of drug-likeness (QED) is 0.593. The van der Waals surface area contributed by atoms with Crippen molar-refractivity contribution in [2.24, 2.45) is 5.73 Å². The molecule has 1 fully saturated rings. The maximum atomic E-state index is 12.9. The molecule has 0 saturated carbocycles. The molecule has 0 bridgehead atoms. The average molecular weight is 179 g/mol. The van der Waals surface area contributed by atoms with E-state index in [2.05, 4.69) is 15.2 Å². The first-order valence-corrected chi connectivity index (χ1v) is 3.41. The van der Waals surface area contributed by atoms with Crippen LogP contribution < -0.4 is 5.73 Å². The molecule has 1 unspecified atom stereocenters. The van der Waals surface area contributed by atoms with Crippen LogP contribution in [-0.4, -0.2) is 42.8 Å². The Hall–Kier alpha value is -0.880. The Morgan fingerprint density at radius 3 is 2.75 bits per heavy atom. The van der Waals surface area contributed by atoms with Crippen LogP contribution >= 0.6 is 0 Å². The maximum Gasteiger partial charge on any atom is 0.404 e. The monoisotopic (exact) mass is 179 g/mol. The molecule has 3 N–H and O–H groups in total.